The zero-order valence-corrected chi connectivity index (χ0v) is 9.34. The van der Waals surface area contributed by atoms with E-state index in [9.17, 15) is 0 Å². The molecule has 12 heavy (non-hydrogen) atoms. The lowest BCUT2D eigenvalue weighted by atomic mass is 10.1. The highest BCUT2D eigenvalue weighted by molar-refractivity contribution is 14.1. The number of hydrogen-bond donors (Lipinski definition) is 1. The van der Waals surface area contributed by atoms with Gasteiger partial charge in [0.05, 0.1) is 5.54 Å². The summed E-state index contributed by atoms with van der Waals surface area (Å²) in [6.45, 7) is 4.47. The molecule has 1 saturated heterocycles. The average Bonchev–Trinajstić information content (AvgIpc) is 2.42. The molecular formula is C9H13IN2. The van der Waals surface area contributed by atoms with E-state index in [4.69, 9.17) is 0 Å². The van der Waals surface area contributed by atoms with Gasteiger partial charge in [0.15, 0.2) is 0 Å². The first-order valence-electron chi connectivity index (χ1n) is 4.19. The van der Waals surface area contributed by atoms with Gasteiger partial charge in [-0.05, 0) is 13.0 Å². The largest absolute Gasteiger partial charge is 0.364 e. The van der Waals surface area contributed by atoms with Crippen molar-refractivity contribution in [1.29, 1.82) is 0 Å². The third-order valence-electron chi connectivity index (χ3n) is 2.32. The van der Waals surface area contributed by atoms with Crippen molar-refractivity contribution in [3.8, 4) is 0 Å². The minimum Gasteiger partial charge on any atom is -0.364 e. The summed E-state index contributed by atoms with van der Waals surface area (Å²) in [5.74, 6) is 1.29. The Hall–Kier alpha value is -0.190. The Morgan fingerprint density at radius 3 is 3.25 bits per heavy atom. The van der Waals surface area contributed by atoms with Crippen molar-refractivity contribution in [3.05, 3.63) is 24.0 Å². The van der Waals surface area contributed by atoms with E-state index in [1.807, 2.05) is 0 Å². The van der Waals surface area contributed by atoms with Crippen LogP contribution < -0.4 is 5.32 Å². The Balaban J connectivity index is 2.17. The van der Waals surface area contributed by atoms with Gasteiger partial charge >= 0.3 is 0 Å². The minimum absolute atomic E-state index is 0.276. The Bertz CT molecular complexity index is 247. The molecule has 2 nitrogen and oxygen atoms in total. The Labute approximate surface area is 86.8 Å². The van der Waals surface area contributed by atoms with Gasteiger partial charge in [0.1, 0.15) is 5.82 Å². The van der Waals surface area contributed by atoms with E-state index >= 15 is 0 Å². The molecule has 2 rings (SSSR count). The highest BCUT2D eigenvalue weighted by atomic mass is 127. The monoisotopic (exact) mass is 276 g/mol. The number of hydrogen-bond acceptors (Lipinski definition) is 2. The van der Waals surface area contributed by atoms with Crippen LogP contribution in [-0.2, 0) is 0 Å². The Morgan fingerprint density at radius 1 is 1.75 bits per heavy atom. The van der Waals surface area contributed by atoms with Crippen molar-refractivity contribution in [2.45, 2.75) is 12.5 Å². The van der Waals surface area contributed by atoms with Crippen LogP contribution in [0.5, 0.6) is 0 Å². The fraction of sp³-hybridized carbons (Fsp3) is 0.556. The van der Waals surface area contributed by atoms with Crippen molar-refractivity contribution < 1.29 is 0 Å². The molecule has 2 heterocycles. The van der Waals surface area contributed by atoms with E-state index in [1.54, 1.807) is 0 Å². The lowest BCUT2D eigenvalue weighted by Gasteiger charge is -2.20. The van der Waals surface area contributed by atoms with Crippen LogP contribution >= 0.6 is 22.6 Å². The fourth-order valence-corrected chi connectivity index (χ4v) is 2.10. The van der Waals surface area contributed by atoms with Gasteiger partial charge in [-0.25, -0.2) is 0 Å². The summed E-state index contributed by atoms with van der Waals surface area (Å²) in [5.41, 5.74) is 0.276. The first-order chi connectivity index (χ1) is 5.73. The van der Waals surface area contributed by atoms with E-state index in [0.29, 0.717) is 0 Å². The number of fused-ring (bicyclic) bond motifs is 1. The smallest absolute Gasteiger partial charge is 0.102 e. The molecule has 1 atom stereocenters. The molecular weight excluding hydrogens is 263 g/mol. The third kappa shape index (κ3) is 1.34. The van der Waals surface area contributed by atoms with Crippen molar-refractivity contribution in [2.24, 2.45) is 0 Å². The second-order valence-electron chi connectivity index (χ2n) is 3.68. The molecule has 0 aromatic carbocycles. The van der Waals surface area contributed by atoms with Crippen LogP contribution in [0.1, 0.15) is 6.92 Å². The summed E-state index contributed by atoms with van der Waals surface area (Å²) >= 11 is 2.44. The van der Waals surface area contributed by atoms with Crippen molar-refractivity contribution in [2.75, 3.05) is 17.5 Å². The third-order valence-corrected chi connectivity index (χ3v) is 4.00. The van der Waals surface area contributed by atoms with Gasteiger partial charge < -0.3 is 10.2 Å². The molecule has 0 amide bonds. The summed E-state index contributed by atoms with van der Waals surface area (Å²) < 4.78 is 1.15. The van der Waals surface area contributed by atoms with Crippen LogP contribution in [0, 0.1) is 0 Å². The maximum atomic E-state index is 3.55. The van der Waals surface area contributed by atoms with Crippen LogP contribution in [0.2, 0.25) is 0 Å². The normalized spacial score (nSPS) is 32.8. The highest BCUT2D eigenvalue weighted by Crippen LogP contribution is 2.24. The maximum Gasteiger partial charge on any atom is 0.102 e. The predicted molar refractivity (Wildman–Crippen MR) is 59.2 cm³/mol. The molecule has 0 aromatic heterocycles. The quantitative estimate of drug-likeness (QED) is 0.576. The van der Waals surface area contributed by atoms with Gasteiger partial charge in [-0.15, -0.1) is 0 Å². The standard InChI is InChI=1S/C9H13IN2/c1-9(6-10)7-12-5-3-2-4-8(12)11-9/h2-4,11H,5-7H2,1H3. The van der Waals surface area contributed by atoms with Crippen LogP contribution in [-0.4, -0.2) is 28.0 Å². The van der Waals surface area contributed by atoms with E-state index in [2.05, 4.69) is 58.0 Å². The molecule has 3 heteroatoms. The highest BCUT2D eigenvalue weighted by Gasteiger charge is 2.34. The van der Waals surface area contributed by atoms with Gasteiger partial charge in [-0.1, -0.05) is 34.7 Å². The molecule has 0 saturated carbocycles. The average molecular weight is 276 g/mol. The van der Waals surface area contributed by atoms with Gasteiger partial charge in [0.25, 0.3) is 0 Å². The van der Waals surface area contributed by atoms with Crippen LogP contribution in [0.15, 0.2) is 24.0 Å². The summed E-state index contributed by atoms with van der Waals surface area (Å²) in [7, 11) is 0. The topological polar surface area (TPSA) is 15.3 Å². The number of allylic oxidation sites excluding steroid dienone is 2. The van der Waals surface area contributed by atoms with Gasteiger partial charge in [-0.3, -0.25) is 0 Å². The SMILES string of the molecule is CC1(CI)CN2CC=CC=C2N1. The molecule has 0 aromatic rings. The Morgan fingerprint density at radius 2 is 2.58 bits per heavy atom. The molecule has 0 spiro atoms. The molecule has 2 aliphatic rings. The Kier molecular flexibility index (Phi) is 2.06. The predicted octanol–water partition coefficient (Wildman–Crippen LogP) is 1.50. The van der Waals surface area contributed by atoms with Crippen molar-refractivity contribution in [3.63, 3.8) is 0 Å². The van der Waals surface area contributed by atoms with E-state index in [-0.39, 0.29) is 5.54 Å². The summed E-state index contributed by atoms with van der Waals surface area (Å²) in [5, 5.41) is 3.55. The molecule has 0 aliphatic carbocycles. The first kappa shape index (κ1) is 8.41. The lowest BCUT2D eigenvalue weighted by Crippen LogP contribution is -2.40. The van der Waals surface area contributed by atoms with Crippen LogP contribution in [0.4, 0.5) is 0 Å². The number of nitrogens with zero attached hydrogens (tertiary/aromatic N) is 1. The maximum absolute atomic E-state index is 3.55. The first-order valence-corrected chi connectivity index (χ1v) is 5.72. The number of alkyl halides is 1. The molecule has 0 radical (unpaired) electrons. The number of rotatable bonds is 1. The fourth-order valence-electron chi connectivity index (χ4n) is 1.67. The second kappa shape index (κ2) is 2.94. The zero-order chi connectivity index (χ0) is 8.60. The molecule has 1 fully saturated rings. The zero-order valence-electron chi connectivity index (χ0n) is 7.18. The molecule has 1 unspecified atom stereocenters. The van der Waals surface area contributed by atoms with Gasteiger partial charge in [0, 0.05) is 17.5 Å². The summed E-state index contributed by atoms with van der Waals surface area (Å²) in [4.78, 5) is 2.39. The summed E-state index contributed by atoms with van der Waals surface area (Å²) in [6.07, 6.45) is 6.48. The van der Waals surface area contributed by atoms with Crippen molar-refractivity contribution >= 4 is 22.6 Å². The van der Waals surface area contributed by atoms with Crippen LogP contribution in [0.3, 0.4) is 0 Å². The van der Waals surface area contributed by atoms with Crippen LogP contribution in [0.25, 0.3) is 0 Å². The van der Waals surface area contributed by atoms with Crippen molar-refractivity contribution in [1.82, 2.24) is 10.2 Å². The molecule has 0 bridgehead atoms. The minimum atomic E-state index is 0.276. The van der Waals surface area contributed by atoms with Gasteiger partial charge in [-0.2, -0.15) is 0 Å². The molecule has 1 N–H and O–H groups in total. The van der Waals surface area contributed by atoms with E-state index in [0.717, 1.165) is 17.5 Å². The van der Waals surface area contributed by atoms with Gasteiger partial charge in [0.2, 0.25) is 0 Å². The van der Waals surface area contributed by atoms with E-state index < -0.39 is 0 Å². The molecule has 2 aliphatic heterocycles. The lowest BCUT2D eigenvalue weighted by molar-refractivity contribution is 0.389. The molecule has 66 valence electrons. The second-order valence-corrected chi connectivity index (χ2v) is 4.44. The number of halogens is 1. The number of nitrogens with one attached hydrogen (secondary N) is 1. The summed E-state index contributed by atoms with van der Waals surface area (Å²) in [6, 6.07) is 0. The van der Waals surface area contributed by atoms with E-state index in [1.165, 1.54) is 5.82 Å².